The molecule has 0 radical (unpaired) electrons. The van der Waals surface area contributed by atoms with Gasteiger partial charge in [0.1, 0.15) is 5.75 Å². The van der Waals surface area contributed by atoms with Gasteiger partial charge < -0.3 is 14.2 Å². The maximum absolute atomic E-state index is 13.3. The Bertz CT molecular complexity index is 316. The Morgan fingerprint density at radius 1 is 1.07 bits per heavy atom. The summed E-state index contributed by atoms with van der Waals surface area (Å²) in [6, 6.07) is 2.04. The Balaban J connectivity index is 3.09. The van der Waals surface area contributed by atoms with Crippen LogP contribution in [0.15, 0.2) is 12.1 Å². The Hall–Kier alpha value is -1.59. The van der Waals surface area contributed by atoms with E-state index in [1.165, 1.54) is 14.2 Å². The highest BCUT2D eigenvalue weighted by Gasteiger charge is 2.14. The van der Waals surface area contributed by atoms with Gasteiger partial charge in [0.25, 0.3) is 0 Å². The van der Waals surface area contributed by atoms with Crippen LogP contribution in [0.25, 0.3) is 0 Å². The van der Waals surface area contributed by atoms with E-state index in [9.17, 15) is 13.2 Å². The molecule has 0 unspecified atom stereocenters. The van der Waals surface area contributed by atoms with Crippen molar-refractivity contribution < 1.29 is 27.4 Å². The molecule has 1 rings (SSSR count). The molecule has 0 aliphatic rings. The smallest absolute Gasteiger partial charge is 0.387 e. The van der Waals surface area contributed by atoms with Crippen LogP contribution in [0.4, 0.5) is 13.2 Å². The summed E-state index contributed by atoms with van der Waals surface area (Å²) in [6.07, 6.45) is 0. The van der Waals surface area contributed by atoms with Gasteiger partial charge in [-0.2, -0.15) is 13.2 Å². The van der Waals surface area contributed by atoms with E-state index in [4.69, 9.17) is 0 Å². The third-order valence-electron chi connectivity index (χ3n) is 1.64. The maximum atomic E-state index is 13.3. The fourth-order valence-electron chi connectivity index (χ4n) is 1.02. The van der Waals surface area contributed by atoms with Crippen molar-refractivity contribution >= 4 is 0 Å². The minimum Gasteiger partial charge on any atom is -0.493 e. The van der Waals surface area contributed by atoms with E-state index in [-0.39, 0.29) is 17.2 Å². The van der Waals surface area contributed by atoms with Crippen molar-refractivity contribution in [2.75, 3.05) is 14.2 Å². The molecule has 0 aliphatic carbocycles. The van der Waals surface area contributed by atoms with Crippen LogP contribution in [-0.4, -0.2) is 20.8 Å². The zero-order valence-electron chi connectivity index (χ0n) is 8.09. The second-order valence-corrected chi connectivity index (χ2v) is 2.52. The Morgan fingerprint density at radius 2 is 1.53 bits per heavy atom. The molecule has 6 heteroatoms. The lowest BCUT2D eigenvalue weighted by Gasteiger charge is -2.10. The number of hydrogen-bond donors (Lipinski definition) is 0. The summed E-state index contributed by atoms with van der Waals surface area (Å²) in [5.74, 6) is -1.42. The van der Waals surface area contributed by atoms with Crippen LogP contribution in [0.1, 0.15) is 0 Å². The third-order valence-corrected chi connectivity index (χ3v) is 1.64. The van der Waals surface area contributed by atoms with Crippen LogP contribution < -0.4 is 14.2 Å². The first kappa shape index (κ1) is 11.5. The van der Waals surface area contributed by atoms with Crippen LogP contribution >= 0.6 is 0 Å². The molecule has 1 aromatic carbocycles. The molecule has 0 saturated heterocycles. The lowest BCUT2D eigenvalue weighted by Crippen LogP contribution is -2.03. The van der Waals surface area contributed by atoms with Crippen molar-refractivity contribution in [2.45, 2.75) is 6.61 Å². The van der Waals surface area contributed by atoms with Gasteiger partial charge in [0.15, 0.2) is 11.5 Å². The summed E-state index contributed by atoms with van der Waals surface area (Å²) in [5.41, 5.74) is 0. The normalized spacial score (nSPS) is 10.3. The van der Waals surface area contributed by atoms with Gasteiger partial charge in [0.05, 0.1) is 14.2 Å². The van der Waals surface area contributed by atoms with E-state index >= 15 is 0 Å². The van der Waals surface area contributed by atoms with Gasteiger partial charge in [-0.1, -0.05) is 0 Å². The average molecular weight is 222 g/mol. The molecule has 1 aromatic rings. The van der Waals surface area contributed by atoms with Gasteiger partial charge in [0.2, 0.25) is 5.82 Å². The molecule has 0 atom stereocenters. The fourth-order valence-corrected chi connectivity index (χ4v) is 1.02. The molecule has 0 N–H and O–H groups in total. The number of benzene rings is 1. The molecule has 0 aliphatic heterocycles. The van der Waals surface area contributed by atoms with Gasteiger partial charge in [0, 0.05) is 12.1 Å². The quantitative estimate of drug-likeness (QED) is 0.783. The predicted molar refractivity (Wildman–Crippen MR) is 46.1 cm³/mol. The van der Waals surface area contributed by atoms with Crippen molar-refractivity contribution in [1.29, 1.82) is 0 Å². The van der Waals surface area contributed by atoms with Crippen LogP contribution in [0, 0.1) is 5.82 Å². The second-order valence-electron chi connectivity index (χ2n) is 2.52. The molecular weight excluding hydrogens is 213 g/mol. The van der Waals surface area contributed by atoms with E-state index in [1.54, 1.807) is 0 Å². The zero-order valence-corrected chi connectivity index (χ0v) is 8.09. The van der Waals surface area contributed by atoms with Crippen molar-refractivity contribution in [2.24, 2.45) is 0 Å². The molecule has 15 heavy (non-hydrogen) atoms. The van der Waals surface area contributed by atoms with E-state index in [1.807, 2.05) is 0 Å². The van der Waals surface area contributed by atoms with Crippen molar-refractivity contribution in [3.8, 4) is 17.2 Å². The lowest BCUT2D eigenvalue weighted by molar-refractivity contribution is -0.0500. The van der Waals surface area contributed by atoms with Crippen molar-refractivity contribution in [1.82, 2.24) is 0 Å². The third kappa shape index (κ3) is 2.68. The van der Waals surface area contributed by atoms with Gasteiger partial charge in [-0.3, -0.25) is 0 Å². The SMILES string of the molecule is COc1cc(OC(F)F)cc(OC)c1F. The zero-order chi connectivity index (χ0) is 11.4. The molecule has 0 aromatic heterocycles. The average Bonchev–Trinajstić information content (AvgIpc) is 2.19. The molecule has 0 saturated carbocycles. The number of hydrogen-bond acceptors (Lipinski definition) is 3. The fraction of sp³-hybridized carbons (Fsp3) is 0.333. The number of methoxy groups -OCH3 is 2. The van der Waals surface area contributed by atoms with E-state index in [0.29, 0.717) is 0 Å². The van der Waals surface area contributed by atoms with Gasteiger partial charge in [-0.25, -0.2) is 0 Å². The highest BCUT2D eigenvalue weighted by atomic mass is 19.3. The van der Waals surface area contributed by atoms with E-state index in [0.717, 1.165) is 12.1 Å². The van der Waals surface area contributed by atoms with Crippen LogP contribution in [-0.2, 0) is 0 Å². The summed E-state index contributed by atoms with van der Waals surface area (Å²) >= 11 is 0. The molecule has 3 nitrogen and oxygen atoms in total. The number of halogens is 3. The number of alkyl halides is 2. The van der Waals surface area contributed by atoms with E-state index < -0.39 is 12.4 Å². The molecule has 0 bridgehead atoms. The summed E-state index contributed by atoms with van der Waals surface area (Å²) in [4.78, 5) is 0. The predicted octanol–water partition coefficient (Wildman–Crippen LogP) is 2.44. The summed E-state index contributed by atoms with van der Waals surface area (Å²) < 4.78 is 50.4. The topological polar surface area (TPSA) is 27.7 Å². The molecule has 0 spiro atoms. The first-order chi connectivity index (χ1) is 7.08. The van der Waals surface area contributed by atoms with Crippen LogP contribution in [0.2, 0.25) is 0 Å². The first-order valence-electron chi connectivity index (χ1n) is 3.94. The summed E-state index contributed by atoms with van der Waals surface area (Å²) in [5, 5.41) is 0. The van der Waals surface area contributed by atoms with Crippen molar-refractivity contribution in [3.63, 3.8) is 0 Å². The highest BCUT2D eigenvalue weighted by molar-refractivity contribution is 5.43. The van der Waals surface area contributed by atoms with E-state index in [2.05, 4.69) is 14.2 Å². The minimum atomic E-state index is -2.98. The molecular formula is C9H9F3O3. The number of rotatable bonds is 4. The van der Waals surface area contributed by atoms with Gasteiger partial charge >= 0.3 is 6.61 Å². The second kappa shape index (κ2) is 4.77. The highest BCUT2D eigenvalue weighted by Crippen LogP contribution is 2.32. The molecule has 0 heterocycles. The summed E-state index contributed by atoms with van der Waals surface area (Å²) in [7, 11) is 2.42. The summed E-state index contributed by atoms with van der Waals surface area (Å²) in [6.45, 7) is -2.98. The van der Waals surface area contributed by atoms with Crippen molar-refractivity contribution in [3.05, 3.63) is 17.9 Å². The number of ether oxygens (including phenoxy) is 3. The molecule has 84 valence electrons. The van der Waals surface area contributed by atoms with Crippen LogP contribution in [0.3, 0.4) is 0 Å². The Morgan fingerprint density at radius 3 is 1.87 bits per heavy atom. The van der Waals surface area contributed by atoms with Crippen LogP contribution in [0.5, 0.6) is 17.2 Å². The first-order valence-corrected chi connectivity index (χ1v) is 3.94. The standard InChI is InChI=1S/C9H9F3O3/c1-13-6-3-5(15-9(11)12)4-7(14-2)8(6)10/h3-4,9H,1-2H3. The lowest BCUT2D eigenvalue weighted by atomic mass is 10.3. The Labute approximate surface area is 84.4 Å². The minimum absolute atomic E-state index is 0.218. The molecule has 0 amide bonds. The largest absolute Gasteiger partial charge is 0.493 e. The van der Waals surface area contributed by atoms with Gasteiger partial charge in [-0.05, 0) is 0 Å². The molecule has 0 fully saturated rings. The maximum Gasteiger partial charge on any atom is 0.387 e. The Kier molecular flexibility index (Phi) is 3.65. The monoisotopic (exact) mass is 222 g/mol. The van der Waals surface area contributed by atoms with Gasteiger partial charge in [-0.15, -0.1) is 0 Å².